The molecule has 0 radical (unpaired) electrons. The fraction of sp³-hybridized carbons (Fsp3) is 0.429. The van der Waals surface area contributed by atoms with E-state index in [2.05, 4.69) is 15.6 Å². The number of nitrogens with zero attached hydrogens (tertiary/aromatic N) is 1. The summed E-state index contributed by atoms with van der Waals surface area (Å²) in [6, 6.07) is 10.0. The molecule has 1 aromatic heterocycles. The summed E-state index contributed by atoms with van der Waals surface area (Å²) in [5, 5.41) is 6.59. The normalized spacial score (nSPS) is 14.7. The summed E-state index contributed by atoms with van der Waals surface area (Å²) in [7, 11) is 1.61. The van der Waals surface area contributed by atoms with Crippen molar-refractivity contribution in [2.75, 3.05) is 12.4 Å². The van der Waals surface area contributed by atoms with E-state index in [1.54, 1.807) is 13.3 Å². The van der Waals surface area contributed by atoms with Gasteiger partial charge < -0.3 is 15.4 Å². The summed E-state index contributed by atoms with van der Waals surface area (Å²) in [4.78, 5) is 16.6. The number of carbonyl (C=O) groups excluding carboxylic acids is 1. The zero-order chi connectivity index (χ0) is 18.4. The van der Waals surface area contributed by atoms with Gasteiger partial charge in [0.15, 0.2) is 0 Å². The van der Waals surface area contributed by atoms with Crippen LogP contribution in [-0.4, -0.2) is 24.0 Å². The van der Waals surface area contributed by atoms with Gasteiger partial charge in [0.1, 0.15) is 0 Å². The maximum Gasteiger partial charge on any atom is 0.251 e. The first-order chi connectivity index (χ1) is 12.7. The van der Waals surface area contributed by atoms with Gasteiger partial charge in [0.05, 0.1) is 7.11 Å². The first-order valence-electron chi connectivity index (χ1n) is 9.30. The second-order valence-electron chi connectivity index (χ2n) is 6.90. The minimum Gasteiger partial charge on any atom is -0.481 e. The SMILES string of the molecule is COc1cc(CNc2ccc(C(=O)NC3CCCCC3)cc2C)ccn1. The van der Waals surface area contributed by atoms with Gasteiger partial charge in [-0.2, -0.15) is 0 Å². The predicted octanol–water partition coefficient (Wildman–Crippen LogP) is 4.07. The highest BCUT2D eigenvalue weighted by Crippen LogP contribution is 2.20. The van der Waals surface area contributed by atoms with Crippen LogP contribution in [0.3, 0.4) is 0 Å². The zero-order valence-corrected chi connectivity index (χ0v) is 15.5. The van der Waals surface area contributed by atoms with E-state index in [-0.39, 0.29) is 5.91 Å². The molecule has 1 amide bonds. The molecule has 1 aliphatic rings. The highest BCUT2D eigenvalue weighted by Gasteiger charge is 2.17. The Bertz CT molecular complexity index is 755. The van der Waals surface area contributed by atoms with Gasteiger partial charge in [0.2, 0.25) is 5.88 Å². The Morgan fingerprint density at radius 2 is 2.00 bits per heavy atom. The molecule has 0 unspecified atom stereocenters. The molecule has 0 spiro atoms. The van der Waals surface area contributed by atoms with Gasteiger partial charge in [-0.15, -0.1) is 0 Å². The van der Waals surface area contributed by atoms with E-state index in [1.807, 2.05) is 37.3 Å². The molecular formula is C21H27N3O2. The molecule has 0 saturated heterocycles. The number of methoxy groups -OCH3 is 1. The minimum absolute atomic E-state index is 0.0328. The number of benzene rings is 1. The molecular weight excluding hydrogens is 326 g/mol. The van der Waals surface area contributed by atoms with Gasteiger partial charge in [-0.25, -0.2) is 4.98 Å². The summed E-state index contributed by atoms with van der Waals surface area (Å²) in [5.41, 5.74) is 3.90. The maximum atomic E-state index is 12.5. The lowest BCUT2D eigenvalue weighted by Crippen LogP contribution is -2.36. The van der Waals surface area contributed by atoms with E-state index in [9.17, 15) is 4.79 Å². The Labute approximate surface area is 155 Å². The van der Waals surface area contributed by atoms with Gasteiger partial charge in [-0.1, -0.05) is 19.3 Å². The number of aryl methyl sites for hydroxylation is 1. The Kier molecular flexibility index (Phi) is 6.10. The average molecular weight is 353 g/mol. The first-order valence-corrected chi connectivity index (χ1v) is 9.30. The first kappa shape index (κ1) is 18.2. The van der Waals surface area contributed by atoms with E-state index in [0.717, 1.165) is 35.2 Å². The summed E-state index contributed by atoms with van der Waals surface area (Å²) < 4.78 is 5.15. The Hall–Kier alpha value is -2.56. The molecule has 0 bridgehead atoms. The third-order valence-corrected chi connectivity index (χ3v) is 4.92. The Morgan fingerprint density at radius 1 is 1.19 bits per heavy atom. The molecule has 0 aliphatic heterocycles. The Morgan fingerprint density at radius 3 is 2.73 bits per heavy atom. The average Bonchev–Trinajstić information content (AvgIpc) is 2.68. The monoisotopic (exact) mass is 353 g/mol. The quantitative estimate of drug-likeness (QED) is 0.822. The topological polar surface area (TPSA) is 63.2 Å². The van der Waals surface area contributed by atoms with Crippen LogP contribution in [0, 0.1) is 6.92 Å². The third kappa shape index (κ3) is 4.75. The van der Waals surface area contributed by atoms with Crippen LogP contribution in [-0.2, 0) is 6.54 Å². The van der Waals surface area contributed by atoms with Gasteiger partial charge in [0.25, 0.3) is 5.91 Å². The fourth-order valence-corrected chi connectivity index (χ4v) is 3.39. The largest absolute Gasteiger partial charge is 0.481 e. The standard InChI is InChI=1S/C21H27N3O2/c1-15-12-17(21(25)24-18-6-4-3-5-7-18)8-9-19(15)23-14-16-10-11-22-20(13-16)26-2/h8-13,18,23H,3-7,14H2,1-2H3,(H,24,25). The molecule has 1 fully saturated rings. The van der Waals surface area contributed by atoms with Gasteiger partial charge in [-0.05, 0) is 55.2 Å². The number of pyridine rings is 1. The summed E-state index contributed by atoms with van der Waals surface area (Å²) in [6.07, 6.45) is 7.65. The second-order valence-corrected chi connectivity index (χ2v) is 6.90. The van der Waals surface area contributed by atoms with Crippen LogP contribution < -0.4 is 15.4 Å². The van der Waals surface area contributed by atoms with Crippen molar-refractivity contribution in [2.45, 2.75) is 51.6 Å². The fourth-order valence-electron chi connectivity index (χ4n) is 3.39. The molecule has 1 aliphatic carbocycles. The van der Waals surface area contributed by atoms with Crippen LogP contribution in [0.2, 0.25) is 0 Å². The molecule has 5 heteroatoms. The van der Waals surface area contributed by atoms with Crippen LogP contribution >= 0.6 is 0 Å². The van der Waals surface area contributed by atoms with Crippen molar-refractivity contribution in [3.63, 3.8) is 0 Å². The maximum absolute atomic E-state index is 12.5. The molecule has 2 N–H and O–H groups in total. The summed E-state index contributed by atoms with van der Waals surface area (Å²) >= 11 is 0. The molecule has 5 nitrogen and oxygen atoms in total. The summed E-state index contributed by atoms with van der Waals surface area (Å²) in [6.45, 7) is 2.69. The number of nitrogens with one attached hydrogen (secondary N) is 2. The van der Waals surface area contributed by atoms with E-state index >= 15 is 0 Å². The smallest absolute Gasteiger partial charge is 0.251 e. The lowest BCUT2D eigenvalue weighted by atomic mass is 9.95. The number of ether oxygens (including phenoxy) is 1. The Balaban J connectivity index is 1.60. The number of rotatable bonds is 6. The number of anilines is 1. The second kappa shape index (κ2) is 8.70. The van der Waals surface area contributed by atoms with E-state index in [1.165, 1.54) is 19.3 Å². The van der Waals surface area contributed by atoms with Crippen LogP contribution in [0.25, 0.3) is 0 Å². The van der Waals surface area contributed by atoms with Crippen LogP contribution in [0.1, 0.15) is 53.6 Å². The number of aromatic nitrogens is 1. The van der Waals surface area contributed by atoms with Crippen molar-refractivity contribution in [1.29, 1.82) is 0 Å². The molecule has 3 rings (SSSR count). The van der Waals surface area contributed by atoms with Gasteiger partial charge in [-0.3, -0.25) is 4.79 Å². The molecule has 138 valence electrons. The highest BCUT2D eigenvalue weighted by atomic mass is 16.5. The summed E-state index contributed by atoms with van der Waals surface area (Å²) in [5.74, 6) is 0.640. The predicted molar refractivity (Wildman–Crippen MR) is 104 cm³/mol. The van der Waals surface area contributed by atoms with Crippen LogP contribution in [0.4, 0.5) is 5.69 Å². The van der Waals surface area contributed by atoms with Crippen molar-refractivity contribution in [1.82, 2.24) is 10.3 Å². The molecule has 1 saturated carbocycles. The lowest BCUT2D eigenvalue weighted by Gasteiger charge is -2.23. The van der Waals surface area contributed by atoms with Crippen molar-refractivity contribution < 1.29 is 9.53 Å². The molecule has 0 atom stereocenters. The van der Waals surface area contributed by atoms with E-state index < -0.39 is 0 Å². The molecule has 1 aromatic carbocycles. The van der Waals surface area contributed by atoms with Crippen LogP contribution in [0.5, 0.6) is 5.88 Å². The molecule has 2 aromatic rings. The zero-order valence-electron chi connectivity index (χ0n) is 15.5. The highest BCUT2D eigenvalue weighted by molar-refractivity contribution is 5.95. The number of amides is 1. The lowest BCUT2D eigenvalue weighted by molar-refractivity contribution is 0.0927. The van der Waals surface area contributed by atoms with Crippen molar-refractivity contribution in [3.05, 3.63) is 53.2 Å². The number of carbonyl (C=O) groups is 1. The van der Waals surface area contributed by atoms with E-state index in [0.29, 0.717) is 18.5 Å². The molecule has 26 heavy (non-hydrogen) atoms. The van der Waals surface area contributed by atoms with Gasteiger partial charge >= 0.3 is 0 Å². The van der Waals surface area contributed by atoms with Gasteiger partial charge in [0, 0.05) is 36.1 Å². The number of hydrogen-bond acceptors (Lipinski definition) is 4. The number of hydrogen-bond donors (Lipinski definition) is 2. The third-order valence-electron chi connectivity index (χ3n) is 4.92. The molecule has 1 heterocycles. The van der Waals surface area contributed by atoms with Crippen molar-refractivity contribution in [2.24, 2.45) is 0 Å². The van der Waals surface area contributed by atoms with E-state index in [4.69, 9.17) is 4.74 Å². The van der Waals surface area contributed by atoms with Crippen molar-refractivity contribution >= 4 is 11.6 Å². The van der Waals surface area contributed by atoms with Crippen LogP contribution in [0.15, 0.2) is 36.5 Å². The minimum atomic E-state index is 0.0328. The van der Waals surface area contributed by atoms with Crippen molar-refractivity contribution in [3.8, 4) is 5.88 Å².